The molecule has 21 heavy (non-hydrogen) atoms. The second-order valence-corrected chi connectivity index (χ2v) is 5.91. The van der Waals surface area contributed by atoms with Crippen molar-refractivity contribution >= 4 is 23.1 Å². The maximum Gasteiger partial charge on any atom is 0.224 e. The molecule has 0 atom stereocenters. The average molecular weight is 307 g/mol. The second kappa shape index (κ2) is 7.38. The lowest BCUT2D eigenvalue weighted by atomic mass is 10.0. The number of carbonyl (C=O) groups excluding carboxylic acids is 1. The van der Waals surface area contributed by atoms with Crippen molar-refractivity contribution in [1.82, 2.24) is 10.2 Å². The Morgan fingerprint density at radius 1 is 1.38 bits per heavy atom. The lowest BCUT2D eigenvalue weighted by Gasteiger charge is -2.32. The van der Waals surface area contributed by atoms with Crippen LogP contribution in [-0.2, 0) is 11.2 Å². The van der Waals surface area contributed by atoms with Crippen LogP contribution in [0.4, 0.5) is 0 Å². The van der Waals surface area contributed by atoms with Crippen LogP contribution in [0.15, 0.2) is 24.3 Å². The summed E-state index contributed by atoms with van der Waals surface area (Å²) in [5.41, 5.74) is 6.19. The topological polar surface area (TPSA) is 78.6 Å². The number of aromatic hydroxyl groups is 1. The van der Waals surface area contributed by atoms with E-state index in [0.717, 1.165) is 25.9 Å². The molecule has 1 amide bonds. The van der Waals surface area contributed by atoms with Crippen molar-refractivity contribution < 1.29 is 9.90 Å². The van der Waals surface area contributed by atoms with Gasteiger partial charge < -0.3 is 16.2 Å². The van der Waals surface area contributed by atoms with Gasteiger partial charge in [0.25, 0.3) is 0 Å². The van der Waals surface area contributed by atoms with E-state index in [1.807, 2.05) is 6.07 Å². The fourth-order valence-electron chi connectivity index (χ4n) is 2.57. The summed E-state index contributed by atoms with van der Waals surface area (Å²) in [4.78, 5) is 14.7. The van der Waals surface area contributed by atoms with E-state index in [-0.39, 0.29) is 24.1 Å². The van der Waals surface area contributed by atoms with Crippen LogP contribution in [0.3, 0.4) is 0 Å². The molecule has 0 aromatic heterocycles. The molecule has 0 bridgehead atoms. The highest BCUT2D eigenvalue weighted by molar-refractivity contribution is 7.80. The lowest BCUT2D eigenvalue weighted by Crippen LogP contribution is -2.46. The molecule has 0 radical (unpaired) electrons. The molecular weight excluding hydrogens is 286 g/mol. The number of hydrogen-bond donors (Lipinski definition) is 3. The third kappa shape index (κ3) is 4.99. The van der Waals surface area contributed by atoms with E-state index in [2.05, 4.69) is 10.2 Å². The van der Waals surface area contributed by atoms with E-state index in [0.29, 0.717) is 17.1 Å². The van der Waals surface area contributed by atoms with Gasteiger partial charge in [-0.2, -0.15) is 0 Å². The maximum atomic E-state index is 12.0. The van der Waals surface area contributed by atoms with E-state index in [9.17, 15) is 9.90 Å². The van der Waals surface area contributed by atoms with Gasteiger partial charge in [0.2, 0.25) is 5.91 Å². The summed E-state index contributed by atoms with van der Waals surface area (Å²) >= 11 is 4.90. The monoisotopic (exact) mass is 307 g/mol. The van der Waals surface area contributed by atoms with Crippen molar-refractivity contribution in [3.8, 4) is 5.75 Å². The number of phenolic OH excluding ortho intramolecular Hbond substituents is 1. The van der Waals surface area contributed by atoms with E-state index in [4.69, 9.17) is 18.0 Å². The molecule has 1 fully saturated rings. The minimum absolute atomic E-state index is 0.0516. The molecule has 1 aliphatic heterocycles. The Morgan fingerprint density at radius 2 is 2.05 bits per heavy atom. The number of phenols is 1. The zero-order valence-electron chi connectivity index (χ0n) is 11.9. The Bertz CT molecular complexity index is 513. The SMILES string of the molecule is NC(=S)CN1CCC(NC(=O)Cc2ccccc2O)CC1. The number of amides is 1. The predicted molar refractivity (Wildman–Crippen MR) is 86.2 cm³/mol. The standard InChI is InChI=1S/C15H21N3O2S/c16-14(21)10-18-7-5-12(6-8-18)17-15(20)9-11-3-1-2-4-13(11)19/h1-4,12,19H,5-10H2,(H2,16,21)(H,17,20). The van der Waals surface area contributed by atoms with Crippen molar-refractivity contribution in [2.75, 3.05) is 19.6 Å². The number of nitrogens with zero attached hydrogens (tertiary/aromatic N) is 1. The van der Waals surface area contributed by atoms with Gasteiger partial charge in [0.05, 0.1) is 11.4 Å². The first-order valence-corrected chi connectivity index (χ1v) is 7.52. The first-order chi connectivity index (χ1) is 10.0. The number of nitrogens with one attached hydrogen (secondary N) is 1. The van der Waals surface area contributed by atoms with E-state index in [1.54, 1.807) is 18.2 Å². The van der Waals surface area contributed by atoms with Gasteiger partial charge in [0, 0.05) is 31.2 Å². The van der Waals surface area contributed by atoms with Gasteiger partial charge in [-0.05, 0) is 18.9 Å². The fraction of sp³-hybridized carbons (Fsp3) is 0.467. The fourth-order valence-corrected chi connectivity index (χ4v) is 2.75. The first kappa shape index (κ1) is 15.7. The lowest BCUT2D eigenvalue weighted by molar-refractivity contribution is -0.121. The van der Waals surface area contributed by atoms with Gasteiger partial charge in [0.15, 0.2) is 0 Å². The molecule has 0 aliphatic carbocycles. The summed E-state index contributed by atoms with van der Waals surface area (Å²) in [5, 5.41) is 12.7. The molecule has 114 valence electrons. The van der Waals surface area contributed by atoms with Gasteiger partial charge in [-0.15, -0.1) is 0 Å². The van der Waals surface area contributed by atoms with Gasteiger partial charge in [-0.25, -0.2) is 0 Å². The van der Waals surface area contributed by atoms with Crippen LogP contribution in [0.1, 0.15) is 18.4 Å². The molecular formula is C15H21N3O2S. The molecule has 1 heterocycles. The van der Waals surface area contributed by atoms with Gasteiger partial charge in [-0.3, -0.25) is 9.69 Å². The molecule has 5 nitrogen and oxygen atoms in total. The van der Waals surface area contributed by atoms with E-state index in [1.165, 1.54) is 0 Å². The molecule has 0 spiro atoms. The number of hydrogen-bond acceptors (Lipinski definition) is 4. The molecule has 1 aromatic rings. The number of carbonyl (C=O) groups is 1. The Morgan fingerprint density at radius 3 is 2.67 bits per heavy atom. The highest BCUT2D eigenvalue weighted by Crippen LogP contribution is 2.16. The Kier molecular flexibility index (Phi) is 5.52. The quantitative estimate of drug-likeness (QED) is 0.701. The molecule has 1 aliphatic rings. The first-order valence-electron chi connectivity index (χ1n) is 7.11. The number of benzene rings is 1. The normalized spacial score (nSPS) is 16.6. The molecule has 0 unspecified atom stereocenters. The van der Waals surface area contributed by atoms with Crippen molar-refractivity contribution in [2.24, 2.45) is 5.73 Å². The maximum absolute atomic E-state index is 12.0. The van der Waals surface area contributed by atoms with Crippen molar-refractivity contribution in [3.05, 3.63) is 29.8 Å². The summed E-state index contributed by atoms with van der Waals surface area (Å²) in [6.45, 7) is 2.42. The van der Waals surface area contributed by atoms with Crippen LogP contribution in [-0.4, -0.2) is 46.6 Å². The molecule has 0 saturated carbocycles. The average Bonchev–Trinajstić information content (AvgIpc) is 2.43. The molecule has 2 rings (SSSR count). The van der Waals surface area contributed by atoms with Crippen LogP contribution < -0.4 is 11.1 Å². The summed E-state index contributed by atoms with van der Waals surface area (Å²) < 4.78 is 0. The number of likely N-dealkylation sites (tertiary alicyclic amines) is 1. The zero-order chi connectivity index (χ0) is 15.2. The van der Waals surface area contributed by atoms with Gasteiger partial charge >= 0.3 is 0 Å². The minimum atomic E-state index is -0.0516. The third-order valence-corrected chi connectivity index (χ3v) is 3.80. The summed E-state index contributed by atoms with van der Waals surface area (Å²) in [7, 11) is 0. The van der Waals surface area contributed by atoms with Crippen molar-refractivity contribution in [2.45, 2.75) is 25.3 Å². The van der Waals surface area contributed by atoms with Crippen LogP contribution in [0, 0.1) is 0 Å². The Hall–Kier alpha value is -1.66. The zero-order valence-corrected chi connectivity index (χ0v) is 12.7. The molecule has 1 saturated heterocycles. The van der Waals surface area contributed by atoms with Gasteiger partial charge in [-0.1, -0.05) is 30.4 Å². The van der Waals surface area contributed by atoms with Crippen LogP contribution >= 0.6 is 12.2 Å². The second-order valence-electron chi connectivity index (χ2n) is 5.39. The number of rotatable bonds is 5. The van der Waals surface area contributed by atoms with Gasteiger partial charge in [0.1, 0.15) is 5.75 Å². The number of piperidine rings is 1. The highest BCUT2D eigenvalue weighted by atomic mass is 32.1. The molecule has 4 N–H and O–H groups in total. The third-order valence-electron chi connectivity index (χ3n) is 3.67. The Labute approximate surface area is 130 Å². The van der Waals surface area contributed by atoms with E-state index < -0.39 is 0 Å². The minimum Gasteiger partial charge on any atom is -0.508 e. The highest BCUT2D eigenvalue weighted by Gasteiger charge is 2.21. The smallest absolute Gasteiger partial charge is 0.224 e. The largest absolute Gasteiger partial charge is 0.508 e. The van der Waals surface area contributed by atoms with E-state index >= 15 is 0 Å². The Balaban J connectivity index is 1.77. The molecule has 6 heteroatoms. The summed E-state index contributed by atoms with van der Waals surface area (Å²) in [6.07, 6.45) is 2.00. The van der Waals surface area contributed by atoms with Crippen LogP contribution in [0.5, 0.6) is 5.75 Å². The molecule has 1 aromatic carbocycles. The summed E-state index contributed by atoms with van der Waals surface area (Å²) in [5.74, 6) is 0.114. The number of thiocarbonyl (C=S) groups is 1. The van der Waals surface area contributed by atoms with Crippen molar-refractivity contribution in [3.63, 3.8) is 0 Å². The predicted octanol–water partition coefficient (Wildman–Crippen LogP) is 0.801. The van der Waals surface area contributed by atoms with Crippen LogP contribution in [0.25, 0.3) is 0 Å². The number of nitrogens with two attached hydrogens (primary N) is 1. The summed E-state index contributed by atoms with van der Waals surface area (Å²) in [6, 6.07) is 7.10. The van der Waals surface area contributed by atoms with Crippen LogP contribution in [0.2, 0.25) is 0 Å². The van der Waals surface area contributed by atoms with Crippen molar-refractivity contribution in [1.29, 1.82) is 0 Å². The number of para-hydroxylation sites is 1.